The van der Waals surface area contributed by atoms with Gasteiger partial charge >= 0.3 is 0 Å². The summed E-state index contributed by atoms with van der Waals surface area (Å²) in [5, 5.41) is 2.88. The van der Waals surface area contributed by atoms with Crippen molar-refractivity contribution >= 4 is 11.8 Å². The molecular formula is C19H26N2O4. The maximum absolute atomic E-state index is 12.4. The van der Waals surface area contributed by atoms with Gasteiger partial charge in [0.25, 0.3) is 0 Å². The zero-order valence-corrected chi connectivity index (χ0v) is 14.8. The van der Waals surface area contributed by atoms with Gasteiger partial charge in [0.05, 0.1) is 12.5 Å². The first-order valence-electron chi connectivity index (χ1n) is 9.11. The highest BCUT2D eigenvalue weighted by molar-refractivity contribution is 5.81. The lowest BCUT2D eigenvalue weighted by atomic mass is 9.96. The van der Waals surface area contributed by atoms with Crippen LogP contribution in [0.3, 0.4) is 0 Å². The Morgan fingerprint density at radius 2 is 2.12 bits per heavy atom. The molecule has 2 aliphatic heterocycles. The van der Waals surface area contributed by atoms with Crippen molar-refractivity contribution in [3.63, 3.8) is 0 Å². The maximum atomic E-state index is 12.4. The minimum atomic E-state index is -0.230. The van der Waals surface area contributed by atoms with Crippen molar-refractivity contribution in [3.8, 4) is 11.5 Å². The van der Waals surface area contributed by atoms with Gasteiger partial charge in [-0.25, -0.2) is 0 Å². The highest BCUT2D eigenvalue weighted by Gasteiger charge is 2.26. The van der Waals surface area contributed by atoms with Crippen molar-refractivity contribution in [2.45, 2.75) is 32.6 Å². The van der Waals surface area contributed by atoms with Gasteiger partial charge < -0.3 is 19.7 Å². The zero-order chi connectivity index (χ0) is 17.6. The molecular weight excluding hydrogens is 320 g/mol. The molecule has 0 aromatic heterocycles. The van der Waals surface area contributed by atoms with Gasteiger partial charge in [-0.2, -0.15) is 0 Å². The van der Waals surface area contributed by atoms with Gasteiger partial charge in [-0.15, -0.1) is 0 Å². The molecule has 0 spiro atoms. The van der Waals surface area contributed by atoms with Crippen LogP contribution in [-0.2, 0) is 16.0 Å². The Morgan fingerprint density at radius 3 is 2.88 bits per heavy atom. The van der Waals surface area contributed by atoms with Crippen LogP contribution in [0.5, 0.6) is 11.5 Å². The van der Waals surface area contributed by atoms with Crippen molar-refractivity contribution < 1.29 is 19.1 Å². The summed E-state index contributed by atoms with van der Waals surface area (Å²) in [7, 11) is 0. The van der Waals surface area contributed by atoms with Crippen LogP contribution in [0.2, 0.25) is 0 Å². The first kappa shape index (κ1) is 17.6. The number of hydrogen-bond acceptors (Lipinski definition) is 4. The summed E-state index contributed by atoms with van der Waals surface area (Å²) in [4.78, 5) is 26.3. The minimum absolute atomic E-state index is 0.0540. The first-order chi connectivity index (χ1) is 12.2. The smallest absolute Gasteiger partial charge is 0.226 e. The Bertz CT molecular complexity index is 626. The molecule has 1 N–H and O–H groups in total. The predicted molar refractivity (Wildman–Crippen MR) is 93.7 cm³/mol. The van der Waals surface area contributed by atoms with Crippen LogP contribution in [0.4, 0.5) is 0 Å². The Kier molecular flexibility index (Phi) is 5.79. The highest BCUT2D eigenvalue weighted by atomic mass is 16.5. The van der Waals surface area contributed by atoms with Crippen LogP contribution in [0, 0.1) is 5.92 Å². The topological polar surface area (TPSA) is 67.9 Å². The van der Waals surface area contributed by atoms with E-state index in [0.29, 0.717) is 32.6 Å². The van der Waals surface area contributed by atoms with Crippen molar-refractivity contribution in [3.05, 3.63) is 23.8 Å². The predicted octanol–water partition coefficient (Wildman–Crippen LogP) is 1.77. The van der Waals surface area contributed by atoms with Gasteiger partial charge in [-0.1, -0.05) is 0 Å². The highest BCUT2D eigenvalue weighted by Crippen LogP contribution is 2.30. The third-order valence-electron chi connectivity index (χ3n) is 4.72. The summed E-state index contributed by atoms with van der Waals surface area (Å²) < 4.78 is 11.2. The molecule has 1 aromatic carbocycles. The second-order valence-electron chi connectivity index (χ2n) is 6.54. The van der Waals surface area contributed by atoms with Crippen molar-refractivity contribution in [2.75, 3.05) is 32.8 Å². The van der Waals surface area contributed by atoms with Crippen LogP contribution in [0.15, 0.2) is 18.2 Å². The summed E-state index contributed by atoms with van der Waals surface area (Å²) in [5.41, 5.74) is 0.991. The molecule has 136 valence electrons. The van der Waals surface area contributed by atoms with Crippen molar-refractivity contribution in [1.82, 2.24) is 10.2 Å². The third-order valence-corrected chi connectivity index (χ3v) is 4.72. The molecule has 1 fully saturated rings. The van der Waals surface area contributed by atoms with Crippen molar-refractivity contribution in [1.29, 1.82) is 0 Å². The number of ether oxygens (including phenoxy) is 2. The van der Waals surface area contributed by atoms with E-state index in [-0.39, 0.29) is 17.7 Å². The van der Waals surface area contributed by atoms with Crippen LogP contribution >= 0.6 is 0 Å². The van der Waals surface area contributed by atoms with Gasteiger partial charge in [-0.05, 0) is 49.9 Å². The normalized spacial score (nSPS) is 19.1. The van der Waals surface area contributed by atoms with E-state index in [0.717, 1.165) is 43.0 Å². The molecule has 2 amide bonds. The molecule has 6 nitrogen and oxygen atoms in total. The second kappa shape index (κ2) is 8.23. The van der Waals surface area contributed by atoms with Crippen molar-refractivity contribution in [2.24, 2.45) is 5.92 Å². The van der Waals surface area contributed by atoms with Gasteiger partial charge in [0.1, 0.15) is 18.1 Å². The molecule has 3 rings (SSSR count). The molecule has 0 radical (unpaired) electrons. The Labute approximate surface area is 148 Å². The molecule has 6 heteroatoms. The number of fused-ring (bicyclic) bond motifs is 1. The Balaban J connectivity index is 1.48. The SMILES string of the molecule is CCOc1ccc2c(c1)C[C@H](C(=O)NCCC(=O)N1CCCC1)CO2. The van der Waals surface area contributed by atoms with E-state index in [9.17, 15) is 9.59 Å². The van der Waals surface area contributed by atoms with E-state index in [2.05, 4.69) is 5.32 Å². The lowest BCUT2D eigenvalue weighted by molar-refractivity contribution is -0.130. The summed E-state index contributed by atoms with van der Waals surface area (Å²) in [6.45, 7) is 5.00. The number of hydrogen-bond donors (Lipinski definition) is 1. The third kappa shape index (κ3) is 4.44. The Morgan fingerprint density at radius 1 is 1.32 bits per heavy atom. The quantitative estimate of drug-likeness (QED) is 0.852. The van der Waals surface area contributed by atoms with Crippen LogP contribution < -0.4 is 14.8 Å². The number of amides is 2. The van der Waals surface area contributed by atoms with Gasteiger partial charge in [0.2, 0.25) is 11.8 Å². The molecule has 0 aliphatic carbocycles. The van der Waals surface area contributed by atoms with E-state index >= 15 is 0 Å². The Hall–Kier alpha value is -2.24. The number of benzene rings is 1. The fraction of sp³-hybridized carbons (Fsp3) is 0.579. The molecule has 0 unspecified atom stereocenters. The number of carbonyl (C=O) groups excluding carboxylic acids is 2. The number of likely N-dealkylation sites (tertiary alicyclic amines) is 1. The van der Waals surface area contributed by atoms with Gasteiger partial charge in [0, 0.05) is 26.1 Å². The largest absolute Gasteiger partial charge is 0.494 e. The van der Waals surface area contributed by atoms with Gasteiger partial charge in [-0.3, -0.25) is 9.59 Å². The molecule has 1 saturated heterocycles. The average molecular weight is 346 g/mol. The summed E-state index contributed by atoms with van der Waals surface area (Å²) in [6.07, 6.45) is 3.16. The number of carbonyl (C=O) groups is 2. The van der Waals surface area contributed by atoms with Gasteiger partial charge in [0.15, 0.2) is 0 Å². The molecule has 0 bridgehead atoms. The molecule has 2 heterocycles. The molecule has 1 aromatic rings. The maximum Gasteiger partial charge on any atom is 0.226 e. The number of nitrogens with zero attached hydrogens (tertiary/aromatic N) is 1. The fourth-order valence-electron chi connectivity index (χ4n) is 3.36. The van der Waals surface area contributed by atoms with E-state index in [4.69, 9.17) is 9.47 Å². The monoisotopic (exact) mass is 346 g/mol. The standard InChI is InChI=1S/C19H26N2O4/c1-2-24-16-5-6-17-14(12-16)11-15(13-25-17)19(23)20-8-7-18(22)21-9-3-4-10-21/h5-6,12,15H,2-4,7-11,13H2,1H3,(H,20,23)/t15-/m0/s1. The number of rotatable bonds is 6. The van der Waals surface area contributed by atoms with E-state index in [1.54, 1.807) is 0 Å². The van der Waals surface area contributed by atoms with E-state index < -0.39 is 0 Å². The second-order valence-corrected chi connectivity index (χ2v) is 6.54. The van der Waals surface area contributed by atoms with Crippen LogP contribution in [0.1, 0.15) is 31.7 Å². The minimum Gasteiger partial charge on any atom is -0.494 e. The number of nitrogens with one attached hydrogen (secondary N) is 1. The fourth-order valence-corrected chi connectivity index (χ4v) is 3.36. The molecule has 1 atom stereocenters. The lowest BCUT2D eigenvalue weighted by Crippen LogP contribution is -2.39. The van der Waals surface area contributed by atoms with Crippen LogP contribution in [0.25, 0.3) is 0 Å². The van der Waals surface area contributed by atoms with E-state index in [1.165, 1.54) is 0 Å². The van der Waals surface area contributed by atoms with Crippen LogP contribution in [-0.4, -0.2) is 49.6 Å². The summed E-state index contributed by atoms with van der Waals surface area (Å²) in [6, 6.07) is 5.71. The zero-order valence-electron chi connectivity index (χ0n) is 14.8. The molecule has 0 saturated carbocycles. The molecule has 2 aliphatic rings. The lowest BCUT2D eigenvalue weighted by Gasteiger charge is -2.25. The summed E-state index contributed by atoms with van der Waals surface area (Å²) >= 11 is 0. The average Bonchev–Trinajstić information content (AvgIpc) is 3.16. The molecule has 25 heavy (non-hydrogen) atoms. The van der Waals surface area contributed by atoms with E-state index in [1.807, 2.05) is 30.0 Å². The first-order valence-corrected chi connectivity index (χ1v) is 9.11. The summed E-state index contributed by atoms with van der Waals surface area (Å²) in [5.74, 6) is 1.45.